The molecule has 1 saturated carbocycles. The van der Waals surface area contributed by atoms with Crippen LogP contribution in [0.3, 0.4) is 0 Å². The van der Waals surface area contributed by atoms with Crippen molar-refractivity contribution in [2.45, 2.75) is 42.9 Å². The van der Waals surface area contributed by atoms with E-state index in [0.717, 1.165) is 34.6 Å². The zero-order chi connectivity index (χ0) is 19.7. The van der Waals surface area contributed by atoms with Gasteiger partial charge in [-0.05, 0) is 44.9 Å². The van der Waals surface area contributed by atoms with Gasteiger partial charge in [0.15, 0.2) is 5.78 Å². The van der Waals surface area contributed by atoms with Gasteiger partial charge in [-0.2, -0.15) is 0 Å². The van der Waals surface area contributed by atoms with Gasteiger partial charge in [0, 0.05) is 16.9 Å². The Hall–Kier alpha value is -2.73. The van der Waals surface area contributed by atoms with E-state index in [1.54, 1.807) is 24.3 Å². The fourth-order valence-electron chi connectivity index (χ4n) is 3.03. The van der Waals surface area contributed by atoms with E-state index >= 15 is 0 Å². The summed E-state index contributed by atoms with van der Waals surface area (Å²) in [5.74, 6) is 1.08. The fraction of sp³-hybridized carbons (Fsp3) is 0.273. The lowest BCUT2D eigenvalue weighted by Crippen LogP contribution is -2.23. The average molecular weight is 391 g/mol. The van der Waals surface area contributed by atoms with Crippen LogP contribution < -0.4 is 5.32 Å². The third kappa shape index (κ3) is 3.92. The number of hydrogen-bond acceptors (Lipinski definition) is 5. The Kier molecular flexibility index (Phi) is 5.13. The molecule has 6 heteroatoms. The molecule has 1 fully saturated rings. The highest BCUT2D eigenvalue weighted by Crippen LogP contribution is 2.40. The number of Topliss-reactive ketones (excluding diaryl/α,β-unsaturated/α-hetero) is 1. The highest BCUT2D eigenvalue weighted by Gasteiger charge is 2.28. The molecule has 1 N–H and O–H groups in total. The van der Waals surface area contributed by atoms with Gasteiger partial charge in [-0.15, -0.1) is 0 Å². The number of benzene rings is 2. The molecular formula is C22H21N3O2S. The molecular weight excluding hydrogens is 370 g/mol. The number of nitrogens with one attached hydrogen (secondary N) is 1. The molecule has 28 heavy (non-hydrogen) atoms. The Morgan fingerprint density at radius 1 is 1.07 bits per heavy atom. The Balaban J connectivity index is 1.57. The third-order valence-corrected chi connectivity index (χ3v) is 5.85. The lowest BCUT2D eigenvalue weighted by atomic mass is 10.1. The Morgan fingerprint density at radius 2 is 1.79 bits per heavy atom. The van der Waals surface area contributed by atoms with Gasteiger partial charge in [0.05, 0.1) is 16.5 Å². The van der Waals surface area contributed by atoms with E-state index in [9.17, 15) is 9.59 Å². The first-order valence-electron chi connectivity index (χ1n) is 9.37. The molecule has 0 bridgehead atoms. The number of carbonyl (C=O) groups excluding carboxylic acids is 2. The average Bonchev–Trinajstić information content (AvgIpc) is 3.53. The number of aromatic nitrogens is 2. The quantitative estimate of drug-likeness (QED) is 0.370. The Morgan fingerprint density at radius 3 is 2.54 bits per heavy atom. The summed E-state index contributed by atoms with van der Waals surface area (Å²) >= 11 is 1.43. The van der Waals surface area contributed by atoms with Crippen molar-refractivity contribution >= 4 is 40.0 Å². The monoisotopic (exact) mass is 391 g/mol. The van der Waals surface area contributed by atoms with E-state index in [0.29, 0.717) is 17.2 Å². The molecule has 2 aromatic carbocycles. The zero-order valence-electron chi connectivity index (χ0n) is 15.8. The van der Waals surface area contributed by atoms with Crippen LogP contribution in [-0.4, -0.2) is 26.9 Å². The number of amides is 1. The minimum atomic E-state index is -0.370. The molecule has 4 rings (SSSR count). The first-order valence-corrected chi connectivity index (χ1v) is 10.2. The van der Waals surface area contributed by atoms with Crippen molar-refractivity contribution in [2.24, 2.45) is 0 Å². The van der Waals surface area contributed by atoms with Gasteiger partial charge >= 0.3 is 0 Å². The normalized spacial score (nSPS) is 14.6. The van der Waals surface area contributed by atoms with Crippen LogP contribution in [-0.2, 0) is 4.79 Å². The molecule has 0 aliphatic heterocycles. The Labute approximate surface area is 168 Å². The van der Waals surface area contributed by atoms with Gasteiger partial charge < -0.3 is 5.32 Å². The number of hydrogen-bond donors (Lipinski definition) is 1. The molecule has 0 spiro atoms. The van der Waals surface area contributed by atoms with Crippen LogP contribution in [0, 0.1) is 0 Å². The molecule has 3 aromatic rings. The number of nitrogens with zero attached hydrogens (tertiary/aromatic N) is 2. The van der Waals surface area contributed by atoms with Crippen molar-refractivity contribution in [1.82, 2.24) is 9.97 Å². The summed E-state index contributed by atoms with van der Waals surface area (Å²) in [4.78, 5) is 34.0. The third-order valence-electron chi connectivity index (χ3n) is 4.75. The summed E-state index contributed by atoms with van der Waals surface area (Å²) in [6.45, 7) is 3.35. The number of para-hydroxylation sites is 2. The summed E-state index contributed by atoms with van der Waals surface area (Å²) in [6, 6.07) is 15.0. The molecule has 1 amide bonds. The van der Waals surface area contributed by atoms with Crippen molar-refractivity contribution in [3.8, 4) is 0 Å². The highest BCUT2D eigenvalue weighted by molar-refractivity contribution is 8.00. The molecule has 1 aromatic heterocycles. The molecule has 1 atom stereocenters. The van der Waals surface area contributed by atoms with Crippen LogP contribution >= 0.6 is 11.8 Å². The largest absolute Gasteiger partial charge is 0.324 e. The van der Waals surface area contributed by atoms with Crippen molar-refractivity contribution in [3.63, 3.8) is 0 Å². The Bertz CT molecular complexity index is 1060. The van der Waals surface area contributed by atoms with Crippen LogP contribution in [0.4, 0.5) is 5.69 Å². The lowest BCUT2D eigenvalue weighted by Gasteiger charge is -2.15. The van der Waals surface area contributed by atoms with E-state index in [1.807, 2.05) is 31.2 Å². The zero-order valence-corrected chi connectivity index (χ0v) is 16.6. The van der Waals surface area contributed by atoms with E-state index in [1.165, 1.54) is 18.7 Å². The summed E-state index contributed by atoms with van der Waals surface area (Å²) in [6.07, 6.45) is 2.25. The number of anilines is 1. The number of carbonyl (C=O) groups is 2. The second kappa shape index (κ2) is 7.72. The molecule has 0 radical (unpaired) electrons. The first kappa shape index (κ1) is 18.6. The maximum Gasteiger partial charge on any atom is 0.237 e. The van der Waals surface area contributed by atoms with Gasteiger partial charge in [-0.25, -0.2) is 9.97 Å². The van der Waals surface area contributed by atoms with Crippen LogP contribution in [0.5, 0.6) is 0 Å². The first-order chi connectivity index (χ1) is 13.5. The van der Waals surface area contributed by atoms with Crippen LogP contribution in [0.25, 0.3) is 10.9 Å². The van der Waals surface area contributed by atoms with Crippen molar-refractivity contribution in [2.75, 3.05) is 5.32 Å². The number of fused-ring (bicyclic) bond motifs is 1. The molecule has 0 saturated heterocycles. The summed E-state index contributed by atoms with van der Waals surface area (Å²) < 4.78 is 0. The molecule has 5 nitrogen and oxygen atoms in total. The van der Waals surface area contributed by atoms with Crippen LogP contribution in [0.1, 0.15) is 48.8 Å². The molecule has 1 aliphatic rings. The number of ketones is 1. The topological polar surface area (TPSA) is 72.0 Å². The summed E-state index contributed by atoms with van der Waals surface area (Å²) in [5, 5.41) is 4.30. The van der Waals surface area contributed by atoms with Gasteiger partial charge in [0.2, 0.25) is 5.91 Å². The standard InChI is InChI=1S/C22H21N3O2S/c1-13(26)16-7-3-5-9-18(16)24-21(27)14(2)28-22-17-8-4-6-10-19(17)23-20(25-22)15-11-12-15/h3-10,14-15H,11-12H2,1-2H3,(H,24,27). The van der Waals surface area contributed by atoms with E-state index in [-0.39, 0.29) is 16.9 Å². The summed E-state index contributed by atoms with van der Waals surface area (Å²) in [5.41, 5.74) is 1.96. The maximum atomic E-state index is 12.8. The summed E-state index contributed by atoms with van der Waals surface area (Å²) in [7, 11) is 0. The van der Waals surface area contributed by atoms with Gasteiger partial charge in [-0.3, -0.25) is 9.59 Å². The minimum Gasteiger partial charge on any atom is -0.324 e. The van der Waals surface area contributed by atoms with Gasteiger partial charge in [-0.1, -0.05) is 42.1 Å². The van der Waals surface area contributed by atoms with Crippen LogP contribution in [0.2, 0.25) is 0 Å². The molecule has 1 aliphatic carbocycles. The SMILES string of the molecule is CC(=O)c1ccccc1NC(=O)C(C)Sc1nc(C2CC2)nc2ccccc12. The number of thioether (sulfide) groups is 1. The van der Waals surface area contributed by atoms with Gasteiger partial charge in [0.1, 0.15) is 10.9 Å². The second-order valence-corrected chi connectivity index (χ2v) is 8.36. The maximum absolute atomic E-state index is 12.8. The highest BCUT2D eigenvalue weighted by atomic mass is 32.2. The fourth-order valence-corrected chi connectivity index (χ4v) is 3.98. The van der Waals surface area contributed by atoms with Crippen molar-refractivity contribution < 1.29 is 9.59 Å². The lowest BCUT2D eigenvalue weighted by molar-refractivity contribution is -0.115. The molecule has 1 heterocycles. The molecule has 1 unspecified atom stereocenters. The predicted molar refractivity (Wildman–Crippen MR) is 112 cm³/mol. The van der Waals surface area contributed by atoms with Crippen molar-refractivity contribution in [1.29, 1.82) is 0 Å². The minimum absolute atomic E-state index is 0.0768. The van der Waals surface area contributed by atoms with E-state index in [2.05, 4.69) is 10.3 Å². The smallest absolute Gasteiger partial charge is 0.237 e. The van der Waals surface area contributed by atoms with E-state index < -0.39 is 0 Å². The molecule has 142 valence electrons. The van der Waals surface area contributed by atoms with Crippen molar-refractivity contribution in [3.05, 3.63) is 59.9 Å². The van der Waals surface area contributed by atoms with E-state index in [4.69, 9.17) is 4.98 Å². The number of rotatable bonds is 6. The van der Waals surface area contributed by atoms with Crippen LogP contribution in [0.15, 0.2) is 53.6 Å². The predicted octanol–water partition coefficient (Wildman–Crippen LogP) is 4.83. The van der Waals surface area contributed by atoms with Gasteiger partial charge in [0.25, 0.3) is 0 Å². The second-order valence-electron chi connectivity index (χ2n) is 7.03.